The molecule has 4 nitrogen and oxygen atoms in total. The second kappa shape index (κ2) is 9.16. The van der Waals surface area contributed by atoms with Gasteiger partial charge in [0.05, 0.1) is 0 Å². The Morgan fingerprint density at radius 1 is 0.444 bits per heavy atom. The highest BCUT2D eigenvalue weighted by molar-refractivity contribution is 5.76. The van der Waals surface area contributed by atoms with Gasteiger partial charge in [0.1, 0.15) is 0 Å². The highest BCUT2D eigenvalue weighted by Crippen LogP contribution is 2.46. The van der Waals surface area contributed by atoms with E-state index in [1.807, 2.05) is 91.0 Å². The van der Waals surface area contributed by atoms with Gasteiger partial charge < -0.3 is 22.9 Å². The SMILES string of the molecule is CC(c1ccccc1)(c1cc(-c2ccc(N)cc2)ccc1N)c1cc(-c2ccc(N)cc2)ccc1N. The third-order valence-electron chi connectivity index (χ3n) is 7.02. The van der Waals surface area contributed by atoms with Crippen LogP contribution in [0.2, 0.25) is 0 Å². The van der Waals surface area contributed by atoms with Gasteiger partial charge >= 0.3 is 0 Å². The van der Waals surface area contributed by atoms with E-state index >= 15 is 0 Å². The summed E-state index contributed by atoms with van der Waals surface area (Å²) in [5, 5.41) is 0. The van der Waals surface area contributed by atoms with E-state index in [0.29, 0.717) is 11.4 Å². The fourth-order valence-electron chi connectivity index (χ4n) is 4.92. The van der Waals surface area contributed by atoms with Crippen LogP contribution in [0.4, 0.5) is 22.7 Å². The smallest absolute Gasteiger partial charge is 0.0464 e. The van der Waals surface area contributed by atoms with Gasteiger partial charge in [-0.25, -0.2) is 0 Å². The van der Waals surface area contributed by atoms with E-state index in [0.717, 1.165) is 50.3 Å². The van der Waals surface area contributed by atoms with Gasteiger partial charge in [-0.3, -0.25) is 0 Å². The van der Waals surface area contributed by atoms with Crippen LogP contribution in [0.15, 0.2) is 115 Å². The molecule has 0 spiro atoms. The second-order valence-corrected chi connectivity index (χ2v) is 9.34. The van der Waals surface area contributed by atoms with Crippen LogP contribution in [-0.4, -0.2) is 0 Å². The zero-order valence-electron chi connectivity index (χ0n) is 20.3. The van der Waals surface area contributed by atoms with Crippen molar-refractivity contribution in [2.45, 2.75) is 12.3 Å². The lowest BCUT2D eigenvalue weighted by Gasteiger charge is -2.34. The number of rotatable bonds is 5. The first-order valence-electron chi connectivity index (χ1n) is 11.9. The summed E-state index contributed by atoms with van der Waals surface area (Å²) in [7, 11) is 0. The molecular weight excluding hydrogens is 440 g/mol. The first kappa shape index (κ1) is 23.1. The van der Waals surface area contributed by atoms with Gasteiger partial charge in [0.15, 0.2) is 0 Å². The molecule has 178 valence electrons. The molecule has 0 radical (unpaired) electrons. The molecule has 0 amide bonds. The summed E-state index contributed by atoms with van der Waals surface area (Å²) in [5.41, 5.74) is 34.9. The number of hydrogen-bond acceptors (Lipinski definition) is 4. The minimum atomic E-state index is -0.608. The van der Waals surface area contributed by atoms with Gasteiger partial charge in [0.2, 0.25) is 0 Å². The molecule has 0 bridgehead atoms. The molecule has 5 aromatic rings. The van der Waals surface area contributed by atoms with Gasteiger partial charge in [0, 0.05) is 28.2 Å². The first-order chi connectivity index (χ1) is 17.4. The van der Waals surface area contributed by atoms with Gasteiger partial charge in [-0.2, -0.15) is 0 Å². The predicted octanol–water partition coefficient (Wildman–Crippen LogP) is 6.70. The lowest BCUT2D eigenvalue weighted by Crippen LogP contribution is -2.28. The van der Waals surface area contributed by atoms with E-state index in [9.17, 15) is 0 Å². The van der Waals surface area contributed by atoms with Gasteiger partial charge in [-0.05, 0) is 94.4 Å². The lowest BCUT2D eigenvalue weighted by molar-refractivity contribution is 0.698. The number of hydrogen-bond donors (Lipinski definition) is 4. The number of benzene rings is 5. The normalized spacial score (nSPS) is 11.4. The molecule has 5 rings (SSSR count). The molecule has 0 saturated carbocycles. The maximum atomic E-state index is 6.69. The molecule has 0 atom stereocenters. The fourth-order valence-corrected chi connectivity index (χ4v) is 4.92. The van der Waals surface area contributed by atoms with Crippen molar-refractivity contribution in [1.82, 2.24) is 0 Å². The van der Waals surface area contributed by atoms with Crippen LogP contribution in [-0.2, 0) is 5.41 Å². The van der Waals surface area contributed by atoms with Crippen molar-refractivity contribution in [3.63, 3.8) is 0 Å². The van der Waals surface area contributed by atoms with Gasteiger partial charge in [0.25, 0.3) is 0 Å². The van der Waals surface area contributed by atoms with Crippen molar-refractivity contribution in [1.29, 1.82) is 0 Å². The largest absolute Gasteiger partial charge is 0.399 e. The molecule has 0 heterocycles. The Kier molecular flexibility index (Phi) is 5.87. The molecule has 0 unspecified atom stereocenters. The van der Waals surface area contributed by atoms with Crippen LogP contribution < -0.4 is 22.9 Å². The molecule has 0 saturated heterocycles. The standard InChI is InChI=1S/C32H30N4/c1-32(25-5-3-2-4-6-25,28-19-23(11-17-30(28)35)21-7-13-26(33)14-8-21)29-20-24(12-18-31(29)36)22-9-15-27(34)16-10-22/h2-20H,33-36H2,1H3. The monoisotopic (exact) mass is 470 g/mol. The van der Waals surface area contributed by atoms with E-state index < -0.39 is 5.41 Å². The van der Waals surface area contributed by atoms with Crippen molar-refractivity contribution in [2.24, 2.45) is 0 Å². The van der Waals surface area contributed by atoms with E-state index in [-0.39, 0.29) is 0 Å². The van der Waals surface area contributed by atoms with Gasteiger partial charge in [-0.15, -0.1) is 0 Å². The average Bonchev–Trinajstić information content (AvgIpc) is 2.90. The number of anilines is 4. The Morgan fingerprint density at radius 2 is 0.833 bits per heavy atom. The molecule has 5 aromatic carbocycles. The highest BCUT2D eigenvalue weighted by Gasteiger charge is 2.35. The van der Waals surface area contributed by atoms with Gasteiger partial charge in [-0.1, -0.05) is 66.7 Å². The Balaban J connectivity index is 1.75. The second-order valence-electron chi connectivity index (χ2n) is 9.34. The Hall–Kier alpha value is -4.70. The lowest BCUT2D eigenvalue weighted by atomic mass is 9.69. The van der Waals surface area contributed by atoms with Crippen molar-refractivity contribution in [3.05, 3.63) is 132 Å². The molecule has 0 fully saturated rings. The van der Waals surface area contributed by atoms with Crippen LogP contribution in [0.3, 0.4) is 0 Å². The summed E-state index contributed by atoms with van der Waals surface area (Å²) in [6.07, 6.45) is 0. The summed E-state index contributed by atoms with van der Waals surface area (Å²) < 4.78 is 0. The Morgan fingerprint density at radius 3 is 1.25 bits per heavy atom. The van der Waals surface area contributed by atoms with Crippen LogP contribution in [0, 0.1) is 0 Å². The summed E-state index contributed by atoms with van der Waals surface area (Å²) in [5.74, 6) is 0. The molecule has 0 aliphatic rings. The zero-order valence-corrected chi connectivity index (χ0v) is 20.3. The third kappa shape index (κ3) is 4.14. The summed E-state index contributed by atoms with van der Waals surface area (Å²) in [4.78, 5) is 0. The molecule has 4 heteroatoms. The van der Waals surface area contributed by atoms with Crippen LogP contribution in [0.5, 0.6) is 0 Å². The quantitative estimate of drug-likeness (QED) is 0.169. The first-order valence-corrected chi connectivity index (χ1v) is 11.9. The topological polar surface area (TPSA) is 104 Å². The average molecular weight is 471 g/mol. The number of nitrogen functional groups attached to an aromatic ring is 4. The van der Waals surface area contributed by atoms with Crippen molar-refractivity contribution >= 4 is 22.7 Å². The molecule has 36 heavy (non-hydrogen) atoms. The summed E-state index contributed by atoms with van der Waals surface area (Å²) in [6, 6.07) is 38.5. The third-order valence-corrected chi connectivity index (χ3v) is 7.02. The maximum Gasteiger partial charge on any atom is 0.0464 e. The minimum Gasteiger partial charge on any atom is -0.399 e. The van der Waals surface area contributed by atoms with Crippen molar-refractivity contribution < 1.29 is 0 Å². The highest BCUT2D eigenvalue weighted by atomic mass is 14.6. The summed E-state index contributed by atoms with van der Waals surface area (Å²) in [6.45, 7) is 2.19. The summed E-state index contributed by atoms with van der Waals surface area (Å²) >= 11 is 0. The molecule has 0 aliphatic heterocycles. The predicted molar refractivity (Wildman–Crippen MR) is 153 cm³/mol. The van der Waals surface area contributed by atoms with E-state index in [4.69, 9.17) is 22.9 Å². The van der Waals surface area contributed by atoms with Crippen LogP contribution in [0.25, 0.3) is 22.3 Å². The molecule has 0 aromatic heterocycles. The molecular formula is C32H30N4. The Bertz CT molecular complexity index is 1410. The Labute approximate surface area is 212 Å². The number of nitrogens with two attached hydrogens (primary N) is 4. The van der Waals surface area contributed by atoms with E-state index in [1.54, 1.807) is 0 Å². The van der Waals surface area contributed by atoms with Crippen molar-refractivity contribution in [2.75, 3.05) is 22.9 Å². The van der Waals surface area contributed by atoms with E-state index in [1.165, 1.54) is 0 Å². The zero-order chi connectivity index (χ0) is 25.3. The van der Waals surface area contributed by atoms with Crippen LogP contribution in [0.1, 0.15) is 23.6 Å². The van der Waals surface area contributed by atoms with Crippen LogP contribution >= 0.6 is 0 Å². The maximum absolute atomic E-state index is 6.69. The molecule has 0 aliphatic carbocycles. The minimum absolute atomic E-state index is 0.608. The van der Waals surface area contributed by atoms with Crippen molar-refractivity contribution in [3.8, 4) is 22.3 Å². The fraction of sp³-hybridized carbons (Fsp3) is 0.0625. The molecule has 8 N–H and O–H groups in total. The van der Waals surface area contributed by atoms with E-state index in [2.05, 4.69) is 31.2 Å².